The Hall–Kier alpha value is -1.75. The van der Waals surface area contributed by atoms with Crippen molar-refractivity contribution in [3.63, 3.8) is 0 Å². The number of hydrogen-bond donors (Lipinski definition) is 2. The molecule has 5 heteroatoms. The molecule has 0 bridgehead atoms. The summed E-state index contributed by atoms with van der Waals surface area (Å²) < 4.78 is 5.29. The van der Waals surface area contributed by atoms with Crippen molar-refractivity contribution in [2.24, 2.45) is 0 Å². The molecule has 5 nitrogen and oxygen atoms in total. The average molecular weight is 321 g/mol. The summed E-state index contributed by atoms with van der Waals surface area (Å²) in [5, 5.41) is 6.27. The van der Waals surface area contributed by atoms with Gasteiger partial charge in [-0.05, 0) is 52.3 Å². The molecule has 0 fully saturated rings. The lowest BCUT2D eigenvalue weighted by molar-refractivity contribution is 0.0472. The van der Waals surface area contributed by atoms with Crippen molar-refractivity contribution in [2.75, 3.05) is 25.5 Å². The van der Waals surface area contributed by atoms with Crippen LogP contribution in [0, 0.1) is 0 Å². The van der Waals surface area contributed by atoms with Gasteiger partial charge >= 0.3 is 6.09 Å². The SMILES string of the molecule is CN(C)c1ccc(CNCC(C)(C)NC(=O)OC(C)(C)C)cc1. The largest absolute Gasteiger partial charge is 0.444 e. The highest BCUT2D eigenvalue weighted by Gasteiger charge is 2.24. The zero-order valence-electron chi connectivity index (χ0n) is 15.5. The monoisotopic (exact) mass is 321 g/mol. The van der Waals surface area contributed by atoms with Crippen molar-refractivity contribution in [3.05, 3.63) is 29.8 Å². The first-order chi connectivity index (χ1) is 10.5. The third kappa shape index (κ3) is 7.88. The maximum atomic E-state index is 11.8. The zero-order valence-corrected chi connectivity index (χ0v) is 15.5. The van der Waals surface area contributed by atoms with Crippen LogP contribution in [-0.2, 0) is 11.3 Å². The fourth-order valence-electron chi connectivity index (χ4n) is 2.06. The molecule has 0 saturated carbocycles. The van der Waals surface area contributed by atoms with Crippen LogP contribution in [0.1, 0.15) is 40.2 Å². The molecule has 0 spiro atoms. The number of carbonyl (C=O) groups is 1. The minimum Gasteiger partial charge on any atom is -0.444 e. The number of ether oxygens (including phenoxy) is 1. The van der Waals surface area contributed by atoms with E-state index in [0.29, 0.717) is 6.54 Å². The van der Waals surface area contributed by atoms with Crippen LogP contribution in [0.25, 0.3) is 0 Å². The Morgan fingerprint density at radius 2 is 1.65 bits per heavy atom. The van der Waals surface area contributed by atoms with Gasteiger partial charge in [0.05, 0.1) is 5.54 Å². The maximum absolute atomic E-state index is 11.8. The highest BCUT2D eigenvalue weighted by atomic mass is 16.6. The van der Waals surface area contributed by atoms with Gasteiger partial charge in [-0.1, -0.05) is 12.1 Å². The van der Waals surface area contributed by atoms with E-state index in [2.05, 4.69) is 39.8 Å². The van der Waals surface area contributed by atoms with Gasteiger partial charge in [0.15, 0.2) is 0 Å². The molecule has 2 N–H and O–H groups in total. The van der Waals surface area contributed by atoms with Gasteiger partial charge < -0.3 is 20.3 Å². The third-order valence-corrected chi connectivity index (χ3v) is 3.19. The van der Waals surface area contributed by atoms with E-state index in [4.69, 9.17) is 4.74 Å². The van der Waals surface area contributed by atoms with Crippen LogP contribution >= 0.6 is 0 Å². The summed E-state index contributed by atoms with van der Waals surface area (Å²) in [5.74, 6) is 0. The molecular formula is C18H31N3O2. The third-order valence-electron chi connectivity index (χ3n) is 3.19. The summed E-state index contributed by atoms with van der Waals surface area (Å²) in [6.07, 6.45) is -0.389. The van der Waals surface area contributed by atoms with Crippen LogP contribution in [0.4, 0.5) is 10.5 Å². The van der Waals surface area contributed by atoms with Crippen LogP contribution in [0.3, 0.4) is 0 Å². The Labute approximate surface area is 140 Å². The number of nitrogens with zero attached hydrogens (tertiary/aromatic N) is 1. The molecule has 23 heavy (non-hydrogen) atoms. The number of hydrogen-bond acceptors (Lipinski definition) is 4. The summed E-state index contributed by atoms with van der Waals surface area (Å²) in [6.45, 7) is 10.9. The molecule has 0 atom stereocenters. The number of alkyl carbamates (subject to hydrolysis) is 1. The van der Waals surface area contributed by atoms with Crippen molar-refractivity contribution < 1.29 is 9.53 Å². The van der Waals surface area contributed by atoms with Crippen LogP contribution in [-0.4, -0.2) is 37.9 Å². The fraction of sp³-hybridized carbons (Fsp3) is 0.611. The van der Waals surface area contributed by atoms with E-state index < -0.39 is 5.60 Å². The topological polar surface area (TPSA) is 53.6 Å². The second-order valence-electron chi connectivity index (χ2n) is 7.68. The summed E-state index contributed by atoms with van der Waals surface area (Å²) in [6, 6.07) is 8.41. The summed E-state index contributed by atoms with van der Waals surface area (Å²) in [5.41, 5.74) is 1.53. The van der Waals surface area contributed by atoms with E-state index in [1.165, 1.54) is 11.3 Å². The Balaban J connectivity index is 2.42. The van der Waals surface area contributed by atoms with E-state index in [-0.39, 0.29) is 11.6 Å². The minimum atomic E-state index is -0.484. The number of carbonyl (C=O) groups excluding carboxylic acids is 1. The van der Waals surface area contributed by atoms with Crippen LogP contribution in [0.2, 0.25) is 0 Å². The average Bonchev–Trinajstić information content (AvgIpc) is 2.35. The second kappa shape index (κ2) is 7.68. The molecular weight excluding hydrogens is 290 g/mol. The van der Waals surface area contributed by atoms with Gasteiger partial charge in [-0.15, -0.1) is 0 Å². The number of anilines is 1. The van der Waals surface area contributed by atoms with E-state index >= 15 is 0 Å². The van der Waals surface area contributed by atoms with Crippen molar-refractivity contribution >= 4 is 11.8 Å². The van der Waals surface area contributed by atoms with E-state index in [0.717, 1.165) is 6.54 Å². The molecule has 0 aromatic heterocycles. The second-order valence-corrected chi connectivity index (χ2v) is 7.68. The molecule has 0 heterocycles. The molecule has 0 aliphatic rings. The van der Waals surface area contributed by atoms with Crippen molar-refractivity contribution in [3.8, 4) is 0 Å². The molecule has 1 rings (SSSR count). The molecule has 130 valence electrons. The van der Waals surface area contributed by atoms with Crippen molar-refractivity contribution in [1.82, 2.24) is 10.6 Å². The first-order valence-corrected chi connectivity index (χ1v) is 7.97. The Bertz CT molecular complexity index is 502. The Morgan fingerprint density at radius 1 is 1.09 bits per heavy atom. The van der Waals surface area contributed by atoms with Gasteiger partial charge in [-0.2, -0.15) is 0 Å². The van der Waals surface area contributed by atoms with Gasteiger partial charge in [0.1, 0.15) is 5.60 Å². The lowest BCUT2D eigenvalue weighted by Gasteiger charge is -2.29. The summed E-state index contributed by atoms with van der Waals surface area (Å²) in [7, 11) is 4.05. The lowest BCUT2D eigenvalue weighted by atomic mass is 10.1. The number of benzene rings is 1. The van der Waals surface area contributed by atoms with Crippen molar-refractivity contribution in [2.45, 2.75) is 52.3 Å². The molecule has 0 unspecified atom stereocenters. The predicted molar refractivity (Wildman–Crippen MR) is 95.9 cm³/mol. The highest BCUT2D eigenvalue weighted by Crippen LogP contribution is 2.12. The fourth-order valence-corrected chi connectivity index (χ4v) is 2.06. The minimum absolute atomic E-state index is 0.383. The van der Waals surface area contributed by atoms with Gasteiger partial charge in [-0.3, -0.25) is 0 Å². The molecule has 0 aliphatic carbocycles. The number of amides is 1. The quantitative estimate of drug-likeness (QED) is 0.845. The maximum Gasteiger partial charge on any atom is 0.408 e. The smallest absolute Gasteiger partial charge is 0.408 e. The van der Waals surface area contributed by atoms with Crippen molar-refractivity contribution in [1.29, 1.82) is 0 Å². The lowest BCUT2D eigenvalue weighted by Crippen LogP contribution is -2.51. The summed E-state index contributed by atoms with van der Waals surface area (Å²) >= 11 is 0. The predicted octanol–water partition coefficient (Wildman–Crippen LogP) is 3.15. The van der Waals surface area contributed by atoms with E-state index in [1.54, 1.807) is 0 Å². The van der Waals surface area contributed by atoms with Gasteiger partial charge in [0.25, 0.3) is 0 Å². The van der Waals surface area contributed by atoms with Gasteiger partial charge in [-0.25, -0.2) is 4.79 Å². The first kappa shape index (κ1) is 19.3. The molecule has 1 aromatic carbocycles. The van der Waals surface area contributed by atoms with Crippen LogP contribution < -0.4 is 15.5 Å². The zero-order chi connectivity index (χ0) is 17.7. The normalized spacial score (nSPS) is 12.0. The molecule has 1 amide bonds. The Morgan fingerprint density at radius 3 is 2.13 bits per heavy atom. The molecule has 0 radical (unpaired) electrons. The molecule has 0 aliphatic heterocycles. The summed E-state index contributed by atoms with van der Waals surface area (Å²) in [4.78, 5) is 13.9. The Kier molecular flexibility index (Phi) is 6.45. The van der Waals surface area contributed by atoms with Gasteiger partial charge in [0.2, 0.25) is 0 Å². The van der Waals surface area contributed by atoms with Crippen LogP contribution in [0.5, 0.6) is 0 Å². The standard InChI is InChI=1S/C18H31N3O2/c1-17(2,3)23-16(22)20-18(4,5)13-19-12-14-8-10-15(11-9-14)21(6)7/h8-11,19H,12-13H2,1-7H3,(H,20,22). The van der Waals surface area contributed by atoms with E-state index in [9.17, 15) is 4.79 Å². The van der Waals surface area contributed by atoms with Gasteiger partial charge in [0, 0.05) is 32.9 Å². The van der Waals surface area contributed by atoms with E-state index in [1.807, 2.05) is 48.7 Å². The highest BCUT2D eigenvalue weighted by molar-refractivity contribution is 5.68. The first-order valence-electron chi connectivity index (χ1n) is 7.97. The number of nitrogens with one attached hydrogen (secondary N) is 2. The molecule has 1 aromatic rings. The van der Waals surface area contributed by atoms with Crippen LogP contribution in [0.15, 0.2) is 24.3 Å². The number of rotatable bonds is 6. The molecule has 0 saturated heterocycles.